The van der Waals surface area contributed by atoms with Gasteiger partial charge >= 0.3 is 0 Å². The fourth-order valence-electron chi connectivity index (χ4n) is 9.54. The first kappa shape index (κ1) is 22.1. The van der Waals surface area contributed by atoms with Crippen molar-refractivity contribution in [1.82, 2.24) is 0 Å². The monoisotopic (exact) mass is 430 g/mol. The summed E-state index contributed by atoms with van der Waals surface area (Å²) < 4.78 is 6.11. The zero-order valence-electron chi connectivity index (χ0n) is 19.9. The lowest BCUT2D eigenvalue weighted by atomic mass is 9.44. The number of ether oxygens (including phenoxy) is 1. The normalized spacial score (nSPS) is 53.5. The van der Waals surface area contributed by atoms with Crippen LogP contribution in [0, 0.1) is 52.3 Å². The Balaban J connectivity index is 1.36. The minimum absolute atomic E-state index is 0.0632. The third kappa shape index (κ3) is 3.21. The Morgan fingerprint density at radius 3 is 2.42 bits per heavy atom. The number of hydrogen-bond acceptors (Lipinski definition) is 4. The first-order valence-corrected chi connectivity index (χ1v) is 13.0. The van der Waals surface area contributed by atoms with Crippen LogP contribution in [0.5, 0.6) is 0 Å². The van der Waals surface area contributed by atoms with Gasteiger partial charge in [-0.15, -0.1) is 0 Å². The van der Waals surface area contributed by atoms with Gasteiger partial charge in [0, 0.05) is 12.3 Å². The van der Waals surface area contributed by atoms with Crippen molar-refractivity contribution >= 4 is 11.6 Å². The molecular formula is C27H42O4. The zero-order valence-corrected chi connectivity index (χ0v) is 19.9. The van der Waals surface area contributed by atoms with Crippen LogP contribution in [0.4, 0.5) is 0 Å². The second-order valence-electron chi connectivity index (χ2n) is 12.6. The molecule has 0 amide bonds. The molecule has 174 valence electrons. The van der Waals surface area contributed by atoms with Crippen LogP contribution in [0.1, 0.15) is 85.5 Å². The maximum Gasteiger partial charge on any atom is 0.164 e. The van der Waals surface area contributed by atoms with Crippen LogP contribution >= 0.6 is 0 Å². The molecule has 0 bridgehead atoms. The molecule has 1 heterocycles. The van der Waals surface area contributed by atoms with Crippen LogP contribution < -0.4 is 0 Å². The zero-order chi connectivity index (χ0) is 22.1. The van der Waals surface area contributed by atoms with Crippen LogP contribution in [0.3, 0.4) is 0 Å². The van der Waals surface area contributed by atoms with Gasteiger partial charge in [0.1, 0.15) is 12.2 Å². The molecule has 0 aromatic carbocycles. The summed E-state index contributed by atoms with van der Waals surface area (Å²) in [6.45, 7) is 9.99. The molecule has 0 radical (unpaired) electrons. The number of Topliss-reactive ketones (excluding diaryl/α,β-unsaturated/α-hetero) is 2. The summed E-state index contributed by atoms with van der Waals surface area (Å²) in [7, 11) is 0. The van der Waals surface area contributed by atoms with Crippen LogP contribution in [0.15, 0.2) is 0 Å². The van der Waals surface area contributed by atoms with Crippen LogP contribution in [-0.4, -0.2) is 35.5 Å². The van der Waals surface area contributed by atoms with Crippen molar-refractivity contribution in [1.29, 1.82) is 0 Å². The summed E-state index contributed by atoms with van der Waals surface area (Å²) in [6, 6.07) is 0. The predicted molar refractivity (Wildman–Crippen MR) is 119 cm³/mol. The van der Waals surface area contributed by atoms with Crippen molar-refractivity contribution in [2.75, 3.05) is 6.61 Å². The van der Waals surface area contributed by atoms with E-state index in [1.165, 1.54) is 25.7 Å². The highest BCUT2D eigenvalue weighted by Gasteiger charge is 2.62. The van der Waals surface area contributed by atoms with Crippen LogP contribution in [0.2, 0.25) is 0 Å². The minimum atomic E-state index is -0.726. The van der Waals surface area contributed by atoms with E-state index < -0.39 is 6.10 Å². The van der Waals surface area contributed by atoms with Gasteiger partial charge in [0.25, 0.3) is 0 Å². The number of aliphatic hydroxyl groups is 1. The Labute approximate surface area is 187 Å². The van der Waals surface area contributed by atoms with Gasteiger partial charge in [-0.05, 0) is 97.7 Å². The molecule has 4 nitrogen and oxygen atoms in total. The first-order valence-electron chi connectivity index (χ1n) is 13.0. The molecule has 4 heteroatoms. The third-order valence-electron chi connectivity index (χ3n) is 11.1. The quantitative estimate of drug-likeness (QED) is 0.682. The summed E-state index contributed by atoms with van der Waals surface area (Å²) in [5.41, 5.74) is 0.359. The number of hydrogen-bond donors (Lipinski definition) is 1. The SMILES string of the molecule is C[C@@H]1CO[C@H]([C@@H](C)[C@H]2CC[C@H]3[C@@H]4CC[C@H]5C(=O)[C@@H](O)CC[C@]5(C)[C@@H]4CC[C@]23C)C(=O)C1. The maximum absolute atomic E-state index is 12.8. The first-order chi connectivity index (χ1) is 14.7. The Morgan fingerprint density at radius 1 is 0.968 bits per heavy atom. The molecule has 4 saturated carbocycles. The molecule has 11 atom stereocenters. The van der Waals surface area contributed by atoms with Gasteiger partial charge in [-0.3, -0.25) is 9.59 Å². The minimum Gasteiger partial charge on any atom is -0.385 e. The van der Waals surface area contributed by atoms with Gasteiger partial charge in [-0.2, -0.15) is 0 Å². The molecule has 1 saturated heterocycles. The fourth-order valence-corrected chi connectivity index (χ4v) is 9.54. The molecule has 5 fully saturated rings. The third-order valence-corrected chi connectivity index (χ3v) is 11.1. The number of aliphatic hydroxyl groups excluding tert-OH is 1. The standard InChI is InChI=1S/C27H42O4/c1-15-13-23(29)25(31-14-15)16(2)18-7-8-19-17-5-6-21-24(30)22(28)10-12-27(21,4)20(17)9-11-26(18,19)3/h15-22,25,28H,5-14H2,1-4H3/t15-,16-,17-,18+,19-,20+,21-,22-,25+,26+,27+/m0/s1. The Morgan fingerprint density at radius 2 is 1.68 bits per heavy atom. The second-order valence-corrected chi connectivity index (χ2v) is 12.6. The Bertz CT molecular complexity index is 748. The number of ketones is 2. The van der Waals surface area contributed by atoms with Gasteiger partial charge < -0.3 is 9.84 Å². The van der Waals surface area contributed by atoms with Crippen LogP contribution in [0.25, 0.3) is 0 Å². The molecule has 5 rings (SSSR count). The number of fused-ring (bicyclic) bond motifs is 5. The smallest absolute Gasteiger partial charge is 0.164 e. The van der Waals surface area contributed by atoms with E-state index >= 15 is 0 Å². The molecule has 0 aromatic rings. The summed E-state index contributed by atoms with van der Waals surface area (Å²) in [5.74, 6) is 3.73. The topological polar surface area (TPSA) is 63.6 Å². The van der Waals surface area contributed by atoms with E-state index in [-0.39, 0.29) is 28.6 Å². The molecule has 0 aromatic heterocycles. The summed E-state index contributed by atoms with van der Waals surface area (Å²) >= 11 is 0. The molecule has 1 N–H and O–H groups in total. The fraction of sp³-hybridized carbons (Fsp3) is 0.926. The van der Waals surface area contributed by atoms with Gasteiger partial charge in [0.05, 0.1) is 6.61 Å². The number of carbonyl (C=O) groups excluding carboxylic acids is 2. The average molecular weight is 431 g/mol. The van der Waals surface area contributed by atoms with Crippen molar-refractivity contribution in [2.24, 2.45) is 52.3 Å². The van der Waals surface area contributed by atoms with E-state index in [0.29, 0.717) is 54.1 Å². The van der Waals surface area contributed by atoms with Crippen molar-refractivity contribution < 1.29 is 19.4 Å². The van der Waals surface area contributed by atoms with E-state index in [0.717, 1.165) is 25.9 Å². The lowest BCUT2D eigenvalue weighted by Gasteiger charge is -2.60. The summed E-state index contributed by atoms with van der Waals surface area (Å²) in [6.07, 6.45) is 8.38. The summed E-state index contributed by atoms with van der Waals surface area (Å²) in [4.78, 5) is 25.6. The van der Waals surface area contributed by atoms with Crippen molar-refractivity contribution in [3.8, 4) is 0 Å². The average Bonchev–Trinajstić information content (AvgIpc) is 3.08. The van der Waals surface area contributed by atoms with Crippen molar-refractivity contribution in [3.63, 3.8) is 0 Å². The van der Waals surface area contributed by atoms with Gasteiger partial charge in [-0.1, -0.05) is 27.7 Å². The second kappa shape index (κ2) is 7.65. The van der Waals surface area contributed by atoms with Gasteiger partial charge in [0.2, 0.25) is 0 Å². The van der Waals surface area contributed by atoms with E-state index in [4.69, 9.17) is 4.74 Å². The highest BCUT2D eigenvalue weighted by molar-refractivity contribution is 5.87. The number of carbonyl (C=O) groups is 2. The van der Waals surface area contributed by atoms with E-state index in [2.05, 4.69) is 27.7 Å². The molecule has 0 unspecified atom stereocenters. The molecule has 31 heavy (non-hydrogen) atoms. The van der Waals surface area contributed by atoms with Gasteiger partial charge in [-0.25, -0.2) is 0 Å². The highest BCUT2D eigenvalue weighted by Crippen LogP contribution is 2.68. The summed E-state index contributed by atoms with van der Waals surface area (Å²) in [5, 5.41) is 10.2. The molecule has 4 aliphatic carbocycles. The van der Waals surface area contributed by atoms with Gasteiger partial charge in [0.15, 0.2) is 11.6 Å². The van der Waals surface area contributed by atoms with E-state index in [1.54, 1.807) is 0 Å². The molecule has 1 aliphatic heterocycles. The lowest BCUT2D eigenvalue weighted by molar-refractivity contribution is -0.162. The van der Waals surface area contributed by atoms with Crippen molar-refractivity contribution in [2.45, 2.75) is 97.7 Å². The maximum atomic E-state index is 12.8. The lowest BCUT2D eigenvalue weighted by Crippen LogP contribution is -2.57. The number of rotatable bonds is 2. The van der Waals surface area contributed by atoms with E-state index in [9.17, 15) is 14.7 Å². The highest BCUT2D eigenvalue weighted by atomic mass is 16.5. The van der Waals surface area contributed by atoms with Crippen LogP contribution in [-0.2, 0) is 14.3 Å². The Hall–Kier alpha value is -0.740. The molecular weight excluding hydrogens is 388 g/mol. The predicted octanol–water partition coefficient (Wildman–Crippen LogP) is 4.82. The largest absolute Gasteiger partial charge is 0.385 e. The van der Waals surface area contributed by atoms with Crippen molar-refractivity contribution in [3.05, 3.63) is 0 Å². The Kier molecular flexibility index (Phi) is 5.45. The molecule has 0 spiro atoms. The van der Waals surface area contributed by atoms with E-state index in [1.807, 2.05) is 0 Å². The molecule has 5 aliphatic rings.